The molecular formula is C27H23F3N4O5S2+2. The van der Waals surface area contributed by atoms with Gasteiger partial charge in [-0.15, -0.1) is 0 Å². The molecule has 0 spiro atoms. The zero-order valence-corrected chi connectivity index (χ0v) is 23.4. The number of nitrogens with one attached hydrogen (secondary N) is 1. The zero-order chi connectivity index (χ0) is 30.0. The van der Waals surface area contributed by atoms with Gasteiger partial charge in [0.05, 0.1) is 12.6 Å². The minimum absolute atomic E-state index is 0.120. The van der Waals surface area contributed by atoms with Gasteiger partial charge in [0.25, 0.3) is 42.5 Å². The average molecular weight is 605 g/mol. The molecule has 1 aliphatic rings. The van der Waals surface area contributed by atoms with E-state index in [9.17, 15) is 32.3 Å². The van der Waals surface area contributed by atoms with Gasteiger partial charge in [-0.25, -0.2) is 18.0 Å². The second-order valence-electron chi connectivity index (χ2n) is 9.33. The summed E-state index contributed by atoms with van der Waals surface area (Å²) in [5, 5.41) is 2.22. The van der Waals surface area contributed by atoms with Crippen molar-refractivity contribution in [3.05, 3.63) is 98.7 Å². The molecule has 1 unspecified atom stereocenters. The van der Waals surface area contributed by atoms with Crippen molar-refractivity contribution in [2.75, 3.05) is 0 Å². The molecule has 3 aromatic rings. The van der Waals surface area contributed by atoms with Gasteiger partial charge < -0.3 is 10.1 Å². The van der Waals surface area contributed by atoms with E-state index in [1.165, 1.54) is 6.92 Å². The Morgan fingerprint density at radius 1 is 1.07 bits per heavy atom. The predicted octanol–water partition coefficient (Wildman–Crippen LogP) is 2.91. The molecule has 0 saturated carbocycles. The standard InChI is InChI=1S/C27H22F3N4O5S2/c1-14-8-22(35)15(2)34(41)32-12-19(26(37)31-11-18-20(29)9-17(28)10-21(18)30)24(36)25(23(32)27(38)33(14)40)39-13-16-6-4-3-5-7-16/h3-7,9-10,12,14-15H,8,11,13H2,1-2H3/q+1/p+1/t14?,15-/m1/s1. The van der Waals surface area contributed by atoms with Crippen LogP contribution in [0.15, 0.2) is 53.5 Å². The lowest BCUT2D eigenvalue weighted by molar-refractivity contribution is -0.578. The molecule has 14 heteroatoms. The molecular weight excluding hydrogens is 581 g/mol. The van der Waals surface area contributed by atoms with E-state index in [2.05, 4.69) is 5.32 Å². The number of pyridine rings is 1. The van der Waals surface area contributed by atoms with Crippen LogP contribution in [-0.2, 0) is 42.8 Å². The second kappa shape index (κ2) is 12.1. The number of Topliss-reactive ketones (excluding diaryl/α,β-unsaturated/α-hetero) is 1. The van der Waals surface area contributed by atoms with Crippen molar-refractivity contribution in [1.82, 2.24) is 9.99 Å². The molecule has 2 amide bonds. The first kappa shape index (κ1) is 29.8. The van der Waals surface area contributed by atoms with E-state index >= 15 is 0 Å². The summed E-state index contributed by atoms with van der Waals surface area (Å²) in [5.74, 6) is -6.52. The van der Waals surface area contributed by atoms with Crippen LogP contribution in [0.4, 0.5) is 13.2 Å². The Balaban J connectivity index is 1.85. The Hall–Kier alpha value is -4.17. The van der Waals surface area contributed by atoms with Crippen LogP contribution in [0.1, 0.15) is 52.2 Å². The molecule has 4 rings (SSSR count). The first-order valence-corrected chi connectivity index (χ1v) is 13.0. The number of hydrogen-bond acceptors (Lipinski definition) is 7. The van der Waals surface area contributed by atoms with E-state index in [0.29, 0.717) is 17.7 Å². The number of amides is 2. The highest BCUT2D eigenvalue weighted by Crippen LogP contribution is 2.22. The number of carbonyl (C=O) groups is 3. The number of ketones is 1. The Bertz CT molecular complexity index is 1640. The van der Waals surface area contributed by atoms with Crippen molar-refractivity contribution in [3.63, 3.8) is 0 Å². The average Bonchev–Trinajstić information content (AvgIpc) is 2.95. The van der Waals surface area contributed by atoms with E-state index < -0.39 is 75.9 Å². The van der Waals surface area contributed by atoms with Gasteiger partial charge in [0, 0.05) is 31.2 Å². The molecule has 9 nitrogen and oxygen atoms in total. The van der Waals surface area contributed by atoms with Crippen molar-refractivity contribution in [2.45, 2.75) is 45.5 Å². The molecule has 0 saturated heterocycles. The fourth-order valence-electron chi connectivity index (χ4n) is 4.12. The van der Waals surface area contributed by atoms with Gasteiger partial charge in [-0.2, -0.15) is 0 Å². The second-order valence-corrected chi connectivity index (χ2v) is 10.1. The number of fused-ring (bicyclic) bond motifs is 1. The summed E-state index contributed by atoms with van der Waals surface area (Å²) in [6, 6.07) is 7.81. The highest BCUT2D eigenvalue weighted by Gasteiger charge is 2.44. The van der Waals surface area contributed by atoms with Crippen molar-refractivity contribution < 1.29 is 40.3 Å². The number of aromatic nitrogens is 1. The highest BCUT2D eigenvalue weighted by molar-refractivity contribution is 7.44. The largest absolute Gasteiger partial charge is 0.482 e. The maximum Gasteiger partial charge on any atom is 0.460 e. The first-order chi connectivity index (χ1) is 19.4. The van der Waals surface area contributed by atoms with Crippen LogP contribution in [0, 0.1) is 17.5 Å². The predicted molar refractivity (Wildman–Crippen MR) is 142 cm³/mol. The van der Waals surface area contributed by atoms with Gasteiger partial charge in [-0.3, -0.25) is 14.4 Å². The Morgan fingerprint density at radius 2 is 1.71 bits per heavy atom. The molecule has 0 aliphatic carbocycles. The van der Waals surface area contributed by atoms with E-state index in [1.54, 1.807) is 37.3 Å². The number of rotatable bonds is 6. The van der Waals surface area contributed by atoms with Gasteiger partial charge in [0.1, 0.15) is 29.6 Å². The van der Waals surface area contributed by atoms with Crippen LogP contribution in [0.25, 0.3) is 0 Å². The van der Waals surface area contributed by atoms with Crippen LogP contribution < -0.4 is 15.5 Å². The summed E-state index contributed by atoms with van der Waals surface area (Å²) in [6.45, 7) is 2.13. The van der Waals surface area contributed by atoms with Gasteiger partial charge in [-0.1, -0.05) is 39.0 Å². The van der Waals surface area contributed by atoms with Gasteiger partial charge in [0.15, 0.2) is 6.04 Å². The van der Waals surface area contributed by atoms with E-state index in [1.807, 2.05) is 0 Å². The molecule has 0 radical (unpaired) electrons. The van der Waals surface area contributed by atoms with Gasteiger partial charge >= 0.3 is 5.91 Å². The van der Waals surface area contributed by atoms with Crippen LogP contribution in [-0.4, -0.2) is 42.4 Å². The Labute approximate surface area is 242 Å². The van der Waals surface area contributed by atoms with Crippen LogP contribution in [0.5, 0.6) is 5.75 Å². The Kier molecular flexibility index (Phi) is 8.83. The minimum Gasteiger partial charge on any atom is -0.482 e. The number of ether oxygens (including phenoxy) is 1. The summed E-state index contributed by atoms with van der Waals surface area (Å²) in [4.78, 5) is 53.2. The number of benzene rings is 2. The van der Waals surface area contributed by atoms with Gasteiger partial charge in [0.2, 0.25) is 17.0 Å². The van der Waals surface area contributed by atoms with Crippen LogP contribution in [0.2, 0.25) is 0 Å². The monoisotopic (exact) mass is 604 g/mol. The molecule has 212 valence electrons. The molecule has 1 N–H and O–H groups in total. The van der Waals surface area contributed by atoms with E-state index in [4.69, 9.17) is 29.6 Å². The molecule has 1 aromatic heterocycles. The molecule has 41 heavy (non-hydrogen) atoms. The lowest BCUT2D eigenvalue weighted by atomic mass is 10.1. The molecule has 2 heterocycles. The van der Waals surface area contributed by atoms with Crippen molar-refractivity contribution in [1.29, 1.82) is 0 Å². The lowest BCUT2D eigenvalue weighted by Crippen LogP contribution is -2.38. The number of hydrogen-bond donors (Lipinski definition) is 1. The van der Waals surface area contributed by atoms with Crippen molar-refractivity contribution >= 4 is 42.4 Å². The third-order valence-electron chi connectivity index (χ3n) is 6.46. The van der Waals surface area contributed by atoms with Crippen LogP contribution >= 0.6 is 0 Å². The molecule has 1 aliphatic heterocycles. The summed E-state index contributed by atoms with van der Waals surface area (Å²) in [5.41, 5.74) is -2.06. The third-order valence-corrected chi connectivity index (χ3v) is 7.48. The summed E-state index contributed by atoms with van der Waals surface area (Å²) < 4.78 is 50.1. The normalized spacial score (nSPS) is 17.4. The Morgan fingerprint density at radius 3 is 2.34 bits per heavy atom. The molecule has 0 bridgehead atoms. The third kappa shape index (κ3) is 6.12. The fourth-order valence-corrected chi connectivity index (χ4v) is 4.53. The first-order valence-electron chi connectivity index (χ1n) is 12.3. The van der Waals surface area contributed by atoms with Crippen molar-refractivity contribution in [2.24, 2.45) is 0 Å². The molecule has 2 atom stereocenters. The maximum atomic E-state index is 14.1. The topological polar surface area (TPSA) is 100 Å². The summed E-state index contributed by atoms with van der Waals surface area (Å²) >= 11 is 10.7. The van der Waals surface area contributed by atoms with E-state index in [0.717, 1.165) is 18.9 Å². The molecule has 0 fully saturated rings. The summed E-state index contributed by atoms with van der Waals surface area (Å²) in [7, 11) is 0. The SMILES string of the molecule is CC1CC(=O)[C@@H](C)[N+](=S)n2cc(C(=O)NCc3c(F)cc(F)cc3F)c(=O)c(OCc3ccccc3)c2C(=O)[N+]1=S. The van der Waals surface area contributed by atoms with Crippen LogP contribution in [0.3, 0.4) is 0 Å². The highest BCUT2D eigenvalue weighted by atomic mass is 32.1. The number of nitrogens with zero attached hydrogens (tertiary/aromatic N) is 3. The van der Waals surface area contributed by atoms with Gasteiger partial charge in [-0.05, 0) is 16.5 Å². The zero-order valence-electron chi connectivity index (χ0n) is 21.7. The van der Waals surface area contributed by atoms with Crippen molar-refractivity contribution in [3.8, 4) is 5.75 Å². The smallest absolute Gasteiger partial charge is 0.460 e. The molecule has 2 aromatic carbocycles. The maximum absolute atomic E-state index is 14.1. The number of halogens is 3. The lowest BCUT2D eigenvalue weighted by Gasteiger charge is -2.14. The van der Waals surface area contributed by atoms with E-state index in [-0.39, 0.29) is 18.8 Å². The quantitative estimate of drug-likeness (QED) is 0.432. The summed E-state index contributed by atoms with van der Waals surface area (Å²) in [6.07, 6.45) is 0.818. The minimum atomic E-state index is -1.24. The fraction of sp³-hybridized carbons (Fsp3) is 0.259. The number of carbonyl (C=O) groups excluding carboxylic acids is 3.